The van der Waals surface area contributed by atoms with Gasteiger partial charge in [0.2, 0.25) is 0 Å². The third-order valence-electron chi connectivity index (χ3n) is 8.97. The number of hydrogen-bond donors (Lipinski definition) is 11. The summed E-state index contributed by atoms with van der Waals surface area (Å²) in [6.45, 7) is 0.237. The van der Waals surface area contributed by atoms with Crippen molar-refractivity contribution >= 4 is 12.0 Å². The Hall–Kier alpha value is -3.67. The van der Waals surface area contributed by atoms with Crippen molar-refractivity contribution in [1.82, 2.24) is 0 Å². The van der Waals surface area contributed by atoms with Crippen LogP contribution in [0.3, 0.4) is 0 Å². The lowest BCUT2D eigenvalue weighted by molar-refractivity contribution is -0.362. The molecule has 0 amide bonds. The Kier molecular flexibility index (Phi) is 13.5. The third kappa shape index (κ3) is 9.72. The molecule has 0 aromatic heterocycles. The molecule has 0 unspecified atom stereocenters. The van der Waals surface area contributed by atoms with E-state index in [1.807, 2.05) is 0 Å². The van der Waals surface area contributed by atoms with Crippen LogP contribution in [0.25, 0.3) is 6.08 Å². The second-order valence-corrected chi connectivity index (χ2v) is 12.8. The lowest BCUT2D eigenvalue weighted by Crippen LogP contribution is -2.65. The zero-order chi connectivity index (χ0) is 38.6. The Morgan fingerprint density at radius 2 is 1.42 bits per heavy atom. The molecule has 0 bridgehead atoms. The van der Waals surface area contributed by atoms with Crippen LogP contribution in [0.4, 0.5) is 0 Å². The summed E-state index contributed by atoms with van der Waals surface area (Å²) < 4.78 is 40.1. The predicted molar refractivity (Wildman–Crippen MR) is 174 cm³/mol. The van der Waals surface area contributed by atoms with Gasteiger partial charge in [0.05, 0.1) is 25.9 Å². The molecule has 0 aliphatic carbocycles. The quantitative estimate of drug-likeness (QED) is 0.0603. The molecular weight excluding hydrogens is 712 g/mol. The number of esters is 1. The summed E-state index contributed by atoms with van der Waals surface area (Å²) in [5.74, 6) is -2.62. The fourth-order valence-corrected chi connectivity index (χ4v) is 5.86. The normalized spacial score (nSPS) is 36.4. The molecule has 2 aromatic rings. The summed E-state index contributed by atoms with van der Waals surface area (Å²) >= 11 is 0. The summed E-state index contributed by atoms with van der Waals surface area (Å²) in [5.41, 5.74) is 0.813. The van der Waals surface area contributed by atoms with Gasteiger partial charge < -0.3 is 89.3 Å². The fraction of sp³-hybridized carbons (Fsp3) is 0.559. The van der Waals surface area contributed by atoms with Crippen molar-refractivity contribution in [1.29, 1.82) is 0 Å². The largest absolute Gasteiger partial charge is 0.504 e. The first-order chi connectivity index (χ1) is 25.1. The van der Waals surface area contributed by atoms with Crippen LogP contribution < -0.4 is 0 Å². The molecule has 3 aliphatic heterocycles. The number of hydrogen-bond acceptors (Lipinski definition) is 19. The molecule has 5 rings (SSSR count). The van der Waals surface area contributed by atoms with E-state index in [0.717, 1.165) is 6.08 Å². The number of phenolic OH excluding ortho intramolecular Hbond substituents is 4. The van der Waals surface area contributed by atoms with Crippen LogP contribution >= 0.6 is 0 Å². The van der Waals surface area contributed by atoms with Crippen LogP contribution in [0.5, 0.6) is 23.0 Å². The van der Waals surface area contributed by atoms with Crippen LogP contribution in [0, 0.1) is 0 Å². The minimum absolute atomic E-state index is 0.136. The molecule has 19 heteroatoms. The molecule has 3 heterocycles. The molecule has 53 heavy (non-hydrogen) atoms. The number of phenols is 4. The van der Waals surface area contributed by atoms with Gasteiger partial charge in [-0.2, -0.15) is 0 Å². The van der Waals surface area contributed by atoms with Gasteiger partial charge >= 0.3 is 5.97 Å². The Morgan fingerprint density at radius 1 is 0.736 bits per heavy atom. The van der Waals surface area contributed by atoms with Gasteiger partial charge in [0.15, 0.2) is 48.0 Å². The van der Waals surface area contributed by atoms with Gasteiger partial charge in [0.1, 0.15) is 54.9 Å². The molecule has 3 fully saturated rings. The van der Waals surface area contributed by atoms with Crippen LogP contribution in [0.1, 0.15) is 18.1 Å². The molecule has 0 saturated carbocycles. The van der Waals surface area contributed by atoms with E-state index in [0.29, 0.717) is 5.56 Å². The summed E-state index contributed by atoms with van der Waals surface area (Å²) in [5, 5.41) is 112. The fourth-order valence-electron chi connectivity index (χ4n) is 5.86. The molecule has 0 radical (unpaired) electrons. The lowest BCUT2D eigenvalue weighted by Gasteiger charge is -2.47. The van der Waals surface area contributed by atoms with E-state index in [1.165, 1.54) is 49.4 Å². The van der Waals surface area contributed by atoms with Crippen LogP contribution in [0.15, 0.2) is 42.5 Å². The maximum absolute atomic E-state index is 13.2. The van der Waals surface area contributed by atoms with Gasteiger partial charge in [0.25, 0.3) is 0 Å². The molecule has 19 nitrogen and oxygen atoms in total. The SMILES string of the molecule is C[C@@H]1O[C@@H](O[C@@H]2[C@@H](O)[C@H](OCCc3ccc(O)c(O)c3)O[C@H](CO[C@H]3OC[C@H](O)[C@@H](O)[C@@H]3O)[C@H]2OC(=O)/C=C/c2ccc(O)c(O)c2)[C@@H](O)[C@H](O)[C@H]1O. The van der Waals surface area contributed by atoms with Gasteiger partial charge in [0, 0.05) is 6.08 Å². The second-order valence-electron chi connectivity index (χ2n) is 12.8. The highest BCUT2D eigenvalue weighted by Crippen LogP contribution is 2.33. The molecule has 2 aromatic carbocycles. The van der Waals surface area contributed by atoms with Gasteiger partial charge in [-0.15, -0.1) is 0 Å². The minimum atomic E-state index is -1.86. The number of aliphatic hydroxyl groups excluding tert-OH is 7. The van der Waals surface area contributed by atoms with Crippen molar-refractivity contribution in [2.75, 3.05) is 19.8 Å². The van der Waals surface area contributed by atoms with Crippen molar-refractivity contribution in [2.24, 2.45) is 0 Å². The first-order valence-corrected chi connectivity index (χ1v) is 16.6. The van der Waals surface area contributed by atoms with E-state index in [4.69, 9.17) is 33.2 Å². The van der Waals surface area contributed by atoms with Gasteiger partial charge in [-0.1, -0.05) is 12.1 Å². The summed E-state index contributed by atoms with van der Waals surface area (Å²) in [4.78, 5) is 13.2. The standard InChI is InChI=1S/C34H44O19/c1-14-24(41)26(43)28(45)34(50-14)53-31-29(46)33(47-9-8-16-3-6-18(36)20(38)11-16)51-22(13-49-32-27(44)25(42)21(39)12-48-32)30(31)52-23(40)7-4-15-2-5-17(35)19(37)10-15/h2-7,10-11,14,21-22,24-39,41-46H,8-9,12-13H2,1H3/b7-4+/t14-,21-,22+,24-,25+,26+,27-,28-,29+,30+,31+,32+,33+,34-/m0/s1. The van der Waals surface area contributed by atoms with Gasteiger partial charge in [-0.3, -0.25) is 0 Å². The Balaban J connectivity index is 1.42. The molecule has 3 saturated heterocycles. The van der Waals surface area contributed by atoms with Crippen molar-refractivity contribution < 1.29 is 94.1 Å². The van der Waals surface area contributed by atoms with Crippen LogP contribution in [-0.4, -0.2) is 168 Å². The third-order valence-corrected chi connectivity index (χ3v) is 8.97. The van der Waals surface area contributed by atoms with Crippen LogP contribution in [0.2, 0.25) is 0 Å². The van der Waals surface area contributed by atoms with E-state index in [9.17, 15) is 61.0 Å². The average Bonchev–Trinajstić information content (AvgIpc) is 3.13. The summed E-state index contributed by atoms with van der Waals surface area (Å²) in [6.07, 6.45) is -20.0. The number of aliphatic hydroxyl groups is 7. The zero-order valence-electron chi connectivity index (χ0n) is 28.2. The van der Waals surface area contributed by atoms with Crippen molar-refractivity contribution in [3.63, 3.8) is 0 Å². The lowest BCUT2D eigenvalue weighted by atomic mass is 9.96. The number of carbonyl (C=O) groups excluding carboxylic acids is 1. The monoisotopic (exact) mass is 756 g/mol. The molecule has 11 N–H and O–H groups in total. The number of carbonyl (C=O) groups is 1. The predicted octanol–water partition coefficient (Wildman–Crippen LogP) is -2.55. The van der Waals surface area contributed by atoms with Crippen molar-refractivity contribution in [3.05, 3.63) is 53.6 Å². The number of ether oxygens (including phenoxy) is 7. The van der Waals surface area contributed by atoms with E-state index in [1.54, 1.807) is 0 Å². The smallest absolute Gasteiger partial charge is 0.331 e. The average molecular weight is 757 g/mol. The van der Waals surface area contributed by atoms with Gasteiger partial charge in [-0.05, 0) is 54.8 Å². The van der Waals surface area contributed by atoms with E-state index in [-0.39, 0.29) is 30.1 Å². The summed E-state index contributed by atoms with van der Waals surface area (Å²) in [7, 11) is 0. The molecule has 3 aliphatic rings. The highest BCUT2D eigenvalue weighted by molar-refractivity contribution is 5.87. The number of aromatic hydroxyl groups is 4. The van der Waals surface area contributed by atoms with E-state index in [2.05, 4.69) is 0 Å². The molecule has 14 atom stereocenters. The number of benzene rings is 2. The van der Waals surface area contributed by atoms with Gasteiger partial charge in [-0.25, -0.2) is 4.79 Å². The number of rotatable bonds is 12. The van der Waals surface area contributed by atoms with Crippen LogP contribution in [-0.2, 0) is 44.4 Å². The molecule has 0 spiro atoms. The molecule has 294 valence electrons. The second kappa shape index (κ2) is 17.6. The highest BCUT2D eigenvalue weighted by atomic mass is 16.8. The van der Waals surface area contributed by atoms with E-state index >= 15 is 0 Å². The maximum atomic E-state index is 13.2. The summed E-state index contributed by atoms with van der Waals surface area (Å²) in [6, 6.07) is 7.83. The zero-order valence-corrected chi connectivity index (χ0v) is 28.2. The first kappa shape index (κ1) is 40.5. The topological polar surface area (TPSA) is 304 Å². The maximum Gasteiger partial charge on any atom is 0.331 e. The Labute approximate surface area is 302 Å². The Bertz CT molecular complexity index is 1560. The van der Waals surface area contributed by atoms with Crippen molar-refractivity contribution in [2.45, 2.75) is 99.4 Å². The molecular formula is C34H44O19. The van der Waals surface area contributed by atoms with E-state index < -0.39 is 117 Å². The minimum Gasteiger partial charge on any atom is -0.504 e. The van der Waals surface area contributed by atoms with Crippen molar-refractivity contribution in [3.8, 4) is 23.0 Å². The Morgan fingerprint density at radius 3 is 2.11 bits per heavy atom. The highest BCUT2D eigenvalue weighted by Gasteiger charge is 2.53. The first-order valence-electron chi connectivity index (χ1n) is 16.6.